The smallest absolute Gasteiger partial charge is 0.408 e. The number of aliphatic hydroxyl groups excluding tert-OH is 1. The highest BCUT2D eigenvalue weighted by molar-refractivity contribution is 5.95. The molecular formula is C29H42N2O4. The Bertz CT molecular complexity index is 1020. The Hall–Kier alpha value is -2.60. The predicted molar refractivity (Wildman–Crippen MR) is 139 cm³/mol. The van der Waals surface area contributed by atoms with Crippen LogP contribution in [0.5, 0.6) is 0 Å². The normalized spacial score (nSPS) is 20.3. The van der Waals surface area contributed by atoms with Gasteiger partial charge in [0.1, 0.15) is 5.60 Å². The number of carbonyl (C=O) groups is 2. The van der Waals surface area contributed by atoms with E-state index in [2.05, 4.69) is 43.4 Å². The molecule has 0 spiro atoms. The number of nitrogens with one attached hydrogen (secondary N) is 1. The second-order valence-electron chi connectivity index (χ2n) is 11.5. The lowest BCUT2D eigenvalue weighted by Gasteiger charge is -2.30. The van der Waals surface area contributed by atoms with Crippen molar-refractivity contribution in [2.45, 2.75) is 90.2 Å². The fourth-order valence-electron chi connectivity index (χ4n) is 5.11. The number of ether oxygens (including phenoxy) is 1. The van der Waals surface area contributed by atoms with Gasteiger partial charge in [0.25, 0.3) is 0 Å². The molecule has 1 aliphatic rings. The van der Waals surface area contributed by atoms with Crippen molar-refractivity contribution >= 4 is 11.9 Å². The fourth-order valence-corrected chi connectivity index (χ4v) is 5.11. The van der Waals surface area contributed by atoms with Gasteiger partial charge in [-0.3, -0.25) is 4.79 Å². The monoisotopic (exact) mass is 482 g/mol. The van der Waals surface area contributed by atoms with Gasteiger partial charge in [-0.25, -0.2) is 4.79 Å². The molecule has 0 aliphatic heterocycles. The number of rotatable bonds is 9. The lowest BCUT2D eigenvalue weighted by molar-refractivity contribution is 0.0401. The van der Waals surface area contributed by atoms with Crippen LogP contribution in [0.2, 0.25) is 0 Å². The topological polar surface area (TPSA) is 80.6 Å². The van der Waals surface area contributed by atoms with Gasteiger partial charge in [-0.1, -0.05) is 38.1 Å². The lowest BCUT2D eigenvalue weighted by Crippen LogP contribution is -2.51. The summed E-state index contributed by atoms with van der Waals surface area (Å²) in [6.45, 7) is 9.75. The van der Waals surface area contributed by atoms with Crippen molar-refractivity contribution in [1.82, 2.24) is 9.88 Å². The predicted octanol–water partition coefficient (Wildman–Crippen LogP) is 5.56. The number of alkyl carbamates (subject to hydrolysis) is 1. The fraction of sp³-hybridized carbons (Fsp3) is 0.586. The number of benzene rings is 1. The third kappa shape index (κ3) is 7.20. The Labute approximate surface area is 210 Å². The van der Waals surface area contributed by atoms with E-state index in [1.807, 2.05) is 44.5 Å². The van der Waals surface area contributed by atoms with E-state index in [1.54, 1.807) is 0 Å². The molecule has 0 radical (unpaired) electrons. The number of aliphatic hydroxyl groups is 1. The van der Waals surface area contributed by atoms with E-state index >= 15 is 0 Å². The van der Waals surface area contributed by atoms with Gasteiger partial charge in [-0.2, -0.15) is 0 Å². The first-order valence-electron chi connectivity index (χ1n) is 12.8. The summed E-state index contributed by atoms with van der Waals surface area (Å²) in [5, 5.41) is 13.0. The SMILES string of the molecule is CC(C)Cc1ccc(CCC(=O)c2ccc([C@H]3CC[C@@](CO)(NC(=O)OC(C)(C)C)C3)n2C)cc1. The molecule has 192 valence electrons. The molecule has 1 aliphatic carbocycles. The lowest BCUT2D eigenvalue weighted by atomic mass is 9.95. The van der Waals surface area contributed by atoms with Crippen molar-refractivity contribution in [1.29, 1.82) is 0 Å². The summed E-state index contributed by atoms with van der Waals surface area (Å²) in [6, 6.07) is 12.5. The van der Waals surface area contributed by atoms with Crippen LogP contribution in [0.15, 0.2) is 36.4 Å². The molecule has 2 N–H and O–H groups in total. The molecule has 0 unspecified atom stereocenters. The summed E-state index contributed by atoms with van der Waals surface area (Å²) in [7, 11) is 1.93. The van der Waals surface area contributed by atoms with Crippen LogP contribution in [0.4, 0.5) is 4.79 Å². The van der Waals surface area contributed by atoms with Crippen LogP contribution >= 0.6 is 0 Å². The van der Waals surface area contributed by atoms with Crippen molar-refractivity contribution < 1.29 is 19.4 Å². The third-order valence-electron chi connectivity index (χ3n) is 6.85. The Kier molecular flexibility index (Phi) is 8.47. The maximum atomic E-state index is 13.0. The molecule has 1 fully saturated rings. The second-order valence-corrected chi connectivity index (χ2v) is 11.5. The highest BCUT2D eigenvalue weighted by Crippen LogP contribution is 2.41. The molecular weight excluding hydrogens is 440 g/mol. The minimum absolute atomic E-state index is 0.128. The molecule has 35 heavy (non-hydrogen) atoms. The summed E-state index contributed by atoms with van der Waals surface area (Å²) in [5.41, 5.74) is 2.98. The van der Waals surface area contributed by atoms with Crippen molar-refractivity contribution in [2.75, 3.05) is 6.61 Å². The number of carbonyl (C=O) groups excluding carboxylic acids is 2. The molecule has 2 aromatic rings. The van der Waals surface area contributed by atoms with Crippen LogP contribution in [0.1, 0.15) is 93.5 Å². The number of Topliss-reactive ketones (excluding diaryl/α,β-unsaturated/α-hetero) is 1. The van der Waals surface area contributed by atoms with E-state index in [1.165, 1.54) is 11.1 Å². The number of ketones is 1. The second kappa shape index (κ2) is 11.0. The first-order valence-corrected chi connectivity index (χ1v) is 12.8. The number of hydrogen-bond donors (Lipinski definition) is 2. The van der Waals surface area contributed by atoms with Gasteiger partial charge in [-0.15, -0.1) is 0 Å². The van der Waals surface area contributed by atoms with E-state index in [0.29, 0.717) is 30.9 Å². The maximum absolute atomic E-state index is 13.0. The minimum Gasteiger partial charge on any atom is -0.444 e. The molecule has 1 aromatic heterocycles. The number of hydrogen-bond acceptors (Lipinski definition) is 4. The first-order chi connectivity index (χ1) is 16.4. The van der Waals surface area contributed by atoms with E-state index < -0.39 is 17.2 Å². The summed E-state index contributed by atoms with van der Waals surface area (Å²) in [4.78, 5) is 25.3. The molecule has 6 heteroatoms. The molecule has 6 nitrogen and oxygen atoms in total. The standard InChI is InChI=1S/C29H42N2O4/c1-20(2)17-22-9-7-21(8-10-22)11-14-26(33)25-13-12-24(31(25)6)23-15-16-29(18-23,19-32)30-27(34)35-28(3,4)5/h7-10,12-13,20,23,32H,11,14-19H2,1-6H3,(H,30,34)/t23-,29+/m0/s1. The molecule has 1 saturated carbocycles. The number of amides is 1. The van der Waals surface area contributed by atoms with Gasteiger partial charge in [0.15, 0.2) is 5.78 Å². The Morgan fingerprint density at radius 3 is 2.40 bits per heavy atom. The Morgan fingerprint density at radius 1 is 1.14 bits per heavy atom. The van der Waals surface area contributed by atoms with Crippen LogP contribution in [0.25, 0.3) is 0 Å². The van der Waals surface area contributed by atoms with E-state index in [9.17, 15) is 14.7 Å². The number of nitrogens with zero attached hydrogens (tertiary/aromatic N) is 1. The van der Waals surface area contributed by atoms with Crippen molar-refractivity contribution in [2.24, 2.45) is 13.0 Å². The van der Waals surface area contributed by atoms with Crippen LogP contribution in [0, 0.1) is 5.92 Å². The highest BCUT2D eigenvalue weighted by atomic mass is 16.6. The quantitative estimate of drug-likeness (QED) is 0.459. The van der Waals surface area contributed by atoms with E-state index in [4.69, 9.17) is 4.74 Å². The molecule has 1 amide bonds. The van der Waals surface area contributed by atoms with Gasteiger partial charge in [0.05, 0.1) is 17.8 Å². The first kappa shape index (κ1) is 27.0. The molecule has 2 atom stereocenters. The van der Waals surface area contributed by atoms with Gasteiger partial charge in [-0.05, 0) is 82.1 Å². The Balaban J connectivity index is 1.61. The van der Waals surface area contributed by atoms with Crippen LogP contribution in [0.3, 0.4) is 0 Å². The zero-order valence-corrected chi connectivity index (χ0v) is 22.2. The minimum atomic E-state index is -0.705. The summed E-state index contributed by atoms with van der Waals surface area (Å²) < 4.78 is 7.39. The largest absolute Gasteiger partial charge is 0.444 e. The zero-order valence-electron chi connectivity index (χ0n) is 22.2. The molecule has 3 rings (SSSR count). The van der Waals surface area contributed by atoms with Crippen LogP contribution in [-0.4, -0.2) is 39.3 Å². The number of aromatic nitrogens is 1. The molecule has 1 heterocycles. The third-order valence-corrected chi connectivity index (χ3v) is 6.85. The zero-order chi connectivity index (χ0) is 25.8. The van der Waals surface area contributed by atoms with Crippen molar-refractivity contribution in [3.63, 3.8) is 0 Å². The van der Waals surface area contributed by atoms with Gasteiger partial charge in [0.2, 0.25) is 0 Å². The van der Waals surface area contributed by atoms with Gasteiger partial charge >= 0.3 is 6.09 Å². The average Bonchev–Trinajstić information content (AvgIpc) is 3.35. The Morgan fingerprint density at radius 2 is 1.80 bits per heavy atom. The van der Waals surface area contributed by atoms with Crippen molar-refractivity contribution in [3.05, 3.63) is 58.9 Å². The maximum Gasteiger partial charge on any atom is 0.408 e. The van der Waals surface area contributed by atoms with Crippen LogP contribution < -0.4 is 5.32 Å². The summed E-state index contributed by atoms with van der Waals surface area (Å²) >= 11 is 0. The van der Waals surface area contributed by atoms with Crippen LogP contribution in [-0.2, 0) is 24.6 Å². The summed E-state index contributed by atoms with van der Waals surface area (Å²) in [5.74, 6) is 0.907. The van der Waals surface area contributed by atoms with Crippen molar-refractivity contribution in [3.8, 4) is 0 Å². The summed E-state index contributed by atoms with van der Waals surface area (Å²) in [6.07, 6.45) is 3.84. The molecule has 0 bridgehead atoms. The molecule has 1 aromatic carbocycles. The van der Waals surface area contributed by atoms with Gasteiger partial charge in [0, 0.05) is 25.1 Å². The average molecular weight is 483 g/mol. The number of aryl methyl sites for hydroxylation is 1. The van der Waals surface area contributed by atoms with E-state index in [-0.39, 0.29) is 18.3 Å². The highest BCUT2D eigenvalue weighted by Gasteiger charge is 2.42. The molecule has 0 saturated heterocycles. The van der Waals surface area contributed by atoms with Gasteiger partial charge < -0.3 is 19.7 Å². The van der Waals surface area contributed by atoms with E-state index in [0.717, 1.165) is 25.0 Å².